The van der Waals surface area contributed by atoms with Crippen molar-refractivity contribution in [1.82, 2.24) is 19.7 Å². The van der Waals surface area contributed by atoms with Gasteiger partial charge in [-0.1, -0.05) is 42.0 Å². The van der Waals surface area contributed by atoms with Crippen molar-refractivity contribution < 1.29 is 4.74 Å². The molecule has 0 spiro atoms. The molecule has 0 atom stereocenters. The molecule has 0 radical (unpaired) electrons. The maximum Gasteiger partial charge on any atom is 0.161 e. The second-order valence-electron chi connectivity index (χ2n) is 5.91. The Morgan fingerprint density at radius 3 is 2.76 bits per heavy atom. The molecular formula is C19H17ClN4O. The normalized spacial score (nSPS) is 13.9. The van der Waals surface area contributed by atoms with Crippen LogP contribution in [0.4, 0.5) is 0 Å². The van der Waals surface area contributed by atoms with Crippen LogP contribution in [-0.2, 0) is 6.54 Å². The number of fused-ring (bicyclic) bond motifs is 1. The van der Waals surface area contributed by atoms with Gasteiger partial charge in [-0.05, 0) is 36.1 Å². The molecule has 1 aliphatic rings. The zero-order valence-corrected chi connectivity index (χ0v) is 14.6. The van der Waals surface area contributed by atoms with Gasteiger partial charge in [-0.3, -0.25) is 4.68 Å². The lowest BCUT2D eigenvalue weighted by atomic mass is 10.0. The number of hydrogen-bond acceptors (Lipinski definition) is 4. The highest BCUT2D eigenvalue weighted by atomic mass is 35.5. The third-order valence-corrected chi connectivity index (χ3v) is 4.44. The molecule has 3 aromatic rings. The smallest absolute Gasteiger partial charge is 0.161 e. The van der Waals surface area contributed by atoms with E-state index in [-0.39, 0.29) is 0 Å². The van der Waals surface area contributed by atoms with E-state index in [1.54, 1.807) is 7.11 Å². The molecular weight excluding hydrogens is 336 g/mol. The van der Waals surface area contributed by atoms with Crippen LogP contribution in [0.15, 0.2) is 48.7 Å². The molecule has 0 N–H and O–H groups in total. The van der Waals surface area contributed by atoms with Gasteiger partial charge in [-0.25, -0.2) is 9.97 Å². The summed E-state index contributed by atoms with van der Waals surface area (Å²) in [7, 11) is 1.66. The summed E-state index contributed by atoms with van der Waals surface area (Å²) >= 11 is 6.35. The highest BCUT2D eigenvalue weighted by Gasteiger charge is 2.14. The summed E-state index contributed by atoms with van der Waals surface area (Å²) in [6.07, 6.45) is 10.1. The summed E-state index contributed by atoms with van der Waals surface area (Å²) in [4.78, 5) is 9.08. The molecule has 2 aromatic heterocycles. The number of allylic oxidation sites excluding steroid dienone is 4. The molecule has 25 heavy (non-hydrogen) atoms. The van der Waals surface area contributed by atoms with E-state index in [1.807, 2.05) is 47.3 Å². The molecule has 0 saturated heterocycles. The minimum atomic E-state index is 0.393. The molecule has 4 rings (SSSR count). The Labute approximate surface area is 150 Å². The zero-order valence-electron chi connectivity index (χ0n) is 13.8. The van der Waals surface area contributed by atoms with Gasteiger partial charge in [0.15, 0.2) is 11.0 Å². The average Bonchev–Trinajstić information content (AvgIpc) is 3.06. The zero-order chi connectivity index (χ0) is 17.2. The van der Waals surface area contributed by atoms with Gasteiger partial charge in [0.05, 0.1) is 19.9 Å². The summed E-state index contributed by atoms with van der Waals surface area (Å²) in [5.74, 6) is 1.52. The maximum atomic E-state index is 6.35. The van der Waals surface area contributed by atoms with Crippen molar-refractivity contribution >= 4 is 28.2 Å². The van der Waals surface area contributed by atoms with Gasteiger partial charge >= 0.3 is 0 Å². The van der Waals surface area contributed by atoms with Crippen molar-refractivity contribution in [2.24, 2.45) is 0 Å². The van der Waals surface area contributed by atoms with E-state index < -0.39 is 0 Å². The van der Waals surface area contributed by atoms with E-state index in [1.165, 1.54) is 0 Å². The first kappa shape index (κ1) is 15.8. The Kier molecular flexibility index (Phi) is 4.24. The second kappa shape index (κ2) is 6.69. The van der Waals surface area contributed by atoms with E-state index in [9.17, 15) is 0 Å². The van der Waals surface area contributed by atoms with E-state index in [0.717, 1.165) is 35.2 Å². The van der Waals surface area contributed by atoms with Crippen molar-refractivity contribution in [3.05, 3.63) is 65.2 Å². The molecule has 1 aromatic carbocycles. The fourth-order valence-corrected chi connectivity index (χ4v) is 3.07. The van der Waals surface area contributed by atoms with E-state index in [0.29, 0.717) is 23.0 Å². The Morgan fingerprint density at radius 1 is 1.20 bits per heavy atom. The fraction of sp³-hybridized carbons (Fsp3) is 0.211. The van der Waals surface area contributed by atoms with Crippen LogP contribution >= 0.6 is 11.6 Å². The number of ether oxygens (including phenoxy) is 1. The quantitative estimate of drug-likeness (QED) is 0.658. The number of rotatable bonds is 4. The van der Waals surface area contributed by atoms with Gasteiger partial charge in [0.1, 0.15) is 16.8 Å². The van der Waals surface area contributed by atoms with Crippen LogP contribution in [0, 0.1) is 0 Å². The molecule has 0 fully saturated rings. The van der Waals surface area contributed by atoms with Crippen LogP contribution in [-0.4, -0.2) is 26.9 Å². The average molecular weight is 353 g/mol. The van der Waals surface area contributed by atoms with Gasteiger partial charge in [0, 0.05) is 0 Å². The van der Waals surface area contributed by atoms with Crippen LogP contribution in [0.2, 0.25) is 5.15 Å². The Balaban J connectivity index is 1.66. The summed E-state index contributed by atoms with van der Waals surface area (Å²) in [6, 6.07) is 7.91. The third kappa shape index (κ3) is 3.28. The topological polar surface area (TPSA) is 52.8 Å². The SMILES string of the molecule is COc1ccc(Cn2cc3nc(C4=CC=CCC4)nc(Cl)c3n2)cc1. The van der Waals surface area contributed by atoms with Crippen LogP contribution in [0.3, 0.4) is 0 Å². The monoisotopic (exact) mass is 352 g/mol. The minimum absolute atomic E-state index is 0.393. The first-order chi connectivity index (χ1) is 12.2. The van der Waals surface area contributed by atoms with Crippen molar-refractivity contribution in [2.45, 2.75) is 19.4 Å². The van der Waals surface area contributed by atoms with Gasteiger partial charge in [-0.15, -0.1) is 0 Å². The second-order valence-corrected chi connectivity index (χ2v) is 6.26. The lowest BCUT2D eigenvalue weighted by Gasteiger charge is -2.07. The van der Waals surface area contributed by atoms with Gasteiger partial charge in [0.25, 0.3) is 0 Å². The first-order valence-corrected chi connectivity index (χ1v) is 8.50. The molecule has 0 aliphatic heterocycles. The summed E-state index contributed by atoms with van der Waals surface area (Å²) < 4.78 is 7.02. The fourth-order valence-electron chi connectivity index (χ4n) is 2.86. The standard InChI is InChI=1S/C19H17ClN4O/c1-25-15-9-7-13(8-10-15)11-24-12-16-17(23-24)18(20)22-19(21-16)14-5-3-2-4-6-14/h2-3,5,7-10,12H,4,6,11H2,1H3. The summed E-state index contributed by atoms with van der Waals surface area (Å²) in [5, 5.41) is 4.92. The molecule has 6 heteroatoms. The van der Waals surface area contributed by atoms with Crippen molar-refractivity contribution in [1.29, 1.82) is 0 Å². The highest BCUT2D eigenvalue weighted by Crippen LogP contribution is 2.26. The minimum Gasteiger partial charge on any atom is -0.497 e. The number of hydrogen-bond donors (Lipinski definition) is 0. The van der Waals surface area contributed by atoms with E-state index >= 15 is 0 Å². The van der Waals surface area contributed by atoms with Crippen molar-refractivity contribution in [3.63, 3.8) is 0 Å². The van der Waals surface area contributed by atoms with E-state index in [2.05, 4.69) is 21.1 Å². The van der Waals surface area contributed by atoms with Crippen LogP contribution in [0.5, 0.6) is 5.75 Å². The highest BCUT2D eigenvalue weighted by molar-refractivity contribution is 6.33. The van der Waals surface area contributed by atoms with Crippen LogP contribution in [0.25, 0.3) is 16.6 Å². The van der Waals surface area contributed by atoms with Gasteiger partial charge in [-0.2, -0.15) is 5.10 Å². The molecule has 5 nitrogen and oxygen atoms in total. The van der Waals surface area contributed by atoms with Gasteiger partial charge in [0.2, 0.25) is 0 Å². The first-order valence-electron chi connectivity index (χ1n) is 8.12. The molecule has 2 heterocycles. The summed E-state index contributed by atoms with van der Waals surface area (Å²) in [5.41, 5.74) is 3.62. The van der Waals surface area contributed by atoms with Gasteiger partial charge < -0.3 is 4.74 Å². The predicted molar refractivity (Wildman–Crippen MR) is 98.8 cm³/mol. The maximum absolute atomic E-state index is 6.35. The van der Waals surface area contributed by atoms with Crippen molar-refractivity contribution in [2.75, 3.05) is 7.11 Å². The molecule has 1 aliphatic carbocycles. The van der Waals surface area contributed by atoms with Crippen molar-refractivity contribution in [3.8, 4) is 5.75 Å². The van der Waals surface area contributed by atoms with E-state index in [4.69, 9.17) is 16.3 Å². The Bertz CT molecular complexity index is 973. The Hall–Kier alpha value is -2.66. The lowest BCUT2D eigenvalue weighted by Crippen LogP contribution is -1.99. The number of nitrogens with zero attached hydrogens (tertiary/aromatic N) is 4. The number of benzene rings is 1. The summed E-state index contributed by atoms with van der Waals surface area (Å²) in [6.45, 7) is 0.636. The number of aromatic nitrogens is 4. The van der Waals surface area contributed by atoms with Crippen LogP contribution < -0.4 is 4.74 Å². The largest absolute Gasteiger partial charge is 0.497 e. The molecule has 0 unspecified atom stereocenters. The molecule has 0 saturated carbocycles. The Morgan fingerprint density at radius 2 is 2.04 bits per heavy atom. The molecule has 126 valence electrons. The van der Waals surface area contributed by atoms with Crippen LogP contribution in [0.1, 0.15) is 24.2 Å². The number of halogens is 1. The molecule has 0 amide bonds. The molecule has 0 bridgehead atoms. The predicted octanol–water partition coefficient (Wildman–Crippen LogP) is 4.27. The number of methoxy groups -OCH3 is 1. The third-order valence-electron chi connectivity index (χ3n) is 4.17. The lowest BCUT2D eigenvalue weighted by molar-refractivity contribution is 0.414.